The van der Waals surface area contributed by atoms with E-state index >= 15 is 0 Å². The average Bonchev–Trinajstić information content (AvgIpc) is 2.90. The predicted molar refractivity (Wildman–Crippen MR) is 135 cm³/mol. The fourth-order valence-corrected chi connectivity index (χ4v) is 3.83. The van der Waals surface area contributed by atoms with Crippen molar-refractivity contribution in [2.45, 2.75) is 12.8 Å². The SMILES string of the molecule is O=CC(CC(=O)c1ccc(-c2ccc(NC(=O)c3ccccc3)cc2)cc1)Cc1ccccc1. The van der Waals surface area contributed by atoms with Gasteiger partial charge in [0, 0.05) is 29.2 Å². The average molecular weight is 448 g/mol. The summed E-state index contributed by atoms with van der Waals surface area (Å²) in [5.41, 5.74) is 4.90. The number of amides is 1. The van der Waals surface area contributed by atoms with Crippen LogP contribution in [-0.2, 0) is 11.2 Å². The van der Waals surface area contributed by atoms with Crippen molar-refractivity contribution in [1.29, 1.82) is 0 Å². The number of hydrogen-bond donors (Lipinski definition) is 1. The Labute approximate surface area is 199 Å². The summed E-state index contributed by atoms with van der Waals surface area (Å²) in [5, 5.41) is 2.89. The maximum absolute atomic E-state index is 12.7. The highest BCUT2D eigenvalue weighted by Crippen LogP contribution is 2.23. The van der Waals surface area contributed by atoms with Gasteiger partial charge in [-0.15, -0.1) is 0 Å². The zero-order chi connectivity index (χ0) is 23.8. The first-order valence-electron chi connectivity index (χ1n) is 11.2. The first-order chi connectivity index (χ1) is 16.6. The normalized spacial score (nSPS) is 11.4. The van der Waals surface area contributed by atoms with Gasteiger partial charge in [-0.1, -0.05) is 84.9 Å². The number of hydrogen-bond acceptors (Lipinski definition) is 3. The highest BCUT2D eigenvalue weighted by atomic mass is 16.1. The lowest BCUT2D eigenvalue weighted by Gasteiger charge is -2.10. The maximum Gasteiger partial charge on any atom is 0.255 e. The minimum absolute atomic E-state index is 0.0430. The van der Waals surface area contributed by atoms with E-state index in [2.05, 4.69) is 5.32 Å². The number of benzene rings is 4. The number of aldehydes is 1. The Morgan fingerprint density at radius 2 is 1.24 bits per heavy atom. The van der Waals surface area contributed by atoms with Crippen LogP contribution in [0.25, 0.3) is 11.1 Å². The minimum Gasteiger partial charge on any atom is -0.322 e. The van der Waals surface area contributed by atoms with Gasteiger partial charge in [-0.3, -0.25) is 9.59 Å². The number of carbonyl (C=O) groups excluding carboxylic acids is 3. The largest absolute Gasteiger partial charge is 0.322 e. The van der Waals surface area contributed by atoms with Crippen LogP contribution in [0.4, 0.5) is 5.69 Å². The standard InChI is InChI=1S/C30H25NO3/c32-21-23(19-22-7-3-1-4-8-22)20-29(33)26-13-11-24(12-14-26)25-15-17-28(18-16-25)31-30(34)27-9-5-2-6-10-27/h1-18,21,23H,19-20H2,(H,31,34). The third-order valence-corrected chi connectivity index (χ3v) is 5.70. The van der Waals surface area contributed by atoms with E-state index in [1.807, 2.05) is 84.9 Å². The second-order valence-electron chi connectivity index (χ2n) is 8.19. The molecular formula is C30H25NO3. The van der Waals surface area contributed by atoms with E-state index in [1.165, 1.54) is 0 Å². The van der Waals surface area contributed by atoms with Crippen molar-refractivity contribution >= 4 is 23.7 Å². The molecule has 0 radical (unpaired) electrons. The zero-order valence-corrected chi connectivity index (χ0v) is 18.7. The number of ketones is 1. The molecule has 34 heavy (non-hydrogen) atoms. The molecule has 0 saturated heterocycles. The summed E-state index contributed by atoms with van der Waals surface area (Å²) >= 11 is 0. The van der Waals surface area contributed by atoms with Crippen molar-refractivity contribution in [1.82, 2.24) is 0 Å². The molecule has 4 rings (SSSR count). The molecule has 4 aromatic carbocycles. The summed E-state index contributed by atoms with van der Waals surface area (Å²) in [4.78, 5) is 36.5. The van der Waals surface area contributed by atoms with Gasteiger partial charge in [0.1, 0.15) is 6.29 Å². The molecule has 0 aliphatic heterocycles. The number of rotatable bonds is 9. The molecule has 4 aromatic rings. The van der Waals surface area contributed by atoms with Gasteiger partial charge in [0.15, 0.2) is 5.78 Å². The number of carbonyl (C=O) groups is 3. The van der Waals surface area contributed by atoms with Crippen LogP contribution in [0.15, 0.2) is 109 Å². The van der Waals surface area contributed by atoms with Crippen molar-refractivity contribution in [3.05, 3.63) is 126 Å². The molecule has 1 N–H and O–H groups in total. The van der Waals surface area contributed by atoms with E-state index in [1.54, 1.807) is 24.3 Å². The number of nitrogens with one attached hydrogen (secondary N) is 1. The Hall–Kier alpha value is -4.31. The van der Waals surface area contributed by atoms with E-state index in [0.29, 0.717) is 23.2 Å². The molecule has 0 aliphatic carbocycles. The molecular weight excluding hydrogens is 422 g/mol. The van der Waals surface area contributed by atoms with Gasteiger partial charge in [-0.2, -0.15) is 0 Å². The fourth-order valence-electron chi connectivity index (χ4n) is 3.83. The highest BCUT2D eigenvalue weighted by molar-refractivity contribution is 6.04. The van der Waals surface area contributed by atoms with E-state index in [4.69, 9.17) is 0 Å². The van der Waals surface area contributed by atoms with Crippen LogP contribution >= 0.6 is 0 Å². The summed E-state index contributed by atoms with van der Waals surface area (Å²) in [6.07, 6.45) is 1.62. The van der Waals surface area contributed by atoms with Gasteiger partial charge in [-0.25, -0.2) is 0 Å². The third kappa shape index (κ3) is 5.93. The van der Waals surface area contributed by atoms with Gasteiger partial charge in [0.25, 0.3) is 5.91 Å². The molecule has 0 aliphatic rings. The summed E-state index contributed by atoms with van der Waals surface area (Å²) in [5.74, 6) is -0.538. The maximum atomic E-state index is 12.7. The molecule has 0 aromatic heterocycles. The van der Waals surface area contributed by atoms with Crippen LogP contribution in [0.1, 0.15) is 32.7 Å². The molecule has 0 saturated carbocycles. The molecule has 1 amide bonds. The zero-order valence-electron chi connectivity index (χ0n) is 18.7. The predicted octanol–water partition coefficient (Wildman–Crippen LogP) is 6.24. The monoisotopic (exact) mass is 447 g/mol. The van der Waals surface area contributed by atoms with Crippen molar-refractivity contribution in [2.24, 2.45) is 5.92 Å². The summed E-state index contributed by atoms with van der Waals surface area (Å²) in [6.45, 7) is 0. The molecule has 1 unspecified atom stereocenters. The van der Waals surface area contributed by atoms with Crippen LogP contribution < -0.4 is 5.32 Å². The molecule has 1 atom stereocenters. The third-order valence-electron chi connectivity index (χ3n) is 5.70. The topological polar surface area (TPSA) is 63.2 Å². The van der Waals surface area contributed by atoms with Crippen LogP contribution in [0.3, 0.4) is 0 Å². The van der Waals surface area contributed by atoms with E-state index in [0.717, 1.165) is 23.0 Å². The summed E-state index contributed by atoms with van der Waals surface area (Å²) in [7, 11) is 0. The van der Waals surface area contributed by atoms with Crippen molar-refractivity contribution in [3.63, 3.8) is 0 Å². The Morgan fingerprint density at radius 3 is 1.82 bits per heavy atom. The highest BCUT2D eigenvalue weighted by Gasteiger charge is 2.15. The van der Waals surface area contributed by atoms with E-state index < -0.39 is 0 Å². The second kappa shape index (κ2) is 11.0. The Balaban J connectivity index is 1.37. The Kier molecular flexibility index (Phi) is 7.41. The number of anilines is 1. The van der Waals surface area contributed by atoms with Crippen molar-refractivity contribution in [3.8, 4) is 11.1 Å². The molecule has 0 bridgehead atoms. The lowest BCUT2D eigenvalue weighted by Crippen LogP contribution is -2.13. The lowest BCUT2D eigenvalue weighted by molar-refractivity contribution is -0.111. The molecule has 0 heterocycles. The summed E-state index contributed by atoms with van der Waals surface area (Å²) in [6, 6.07) is 33.8. The van der Waals surface area contributed by atoms with E-state index in [-0.39, 0.29) is 24.0 Å². The van der Waals surface area contributed by atoms with Gasteiger partial charge < -0.3 is 10.1 Å². The fraction of sp³-hybridized carbons (Fsp3) is 0.100. The number of Topliss-reactive ketones (excluding diaryl/α,β-unsaturated/α-hetero) is 1. The van der Waals surface area contributed by atoms with Gasteiger partial charge >= 0.3 is 0 Å². The van der Waals surface area contributed by atoms with Crippen LogP contribution in [-0.4, -0.2) is 18.0 Å². The summed E-state index contributed by atoms with van der Waals surface area (Å²) < 4.78 is 0. The first kappa shape index (κ1) is 22.9. The first-order valence-corrected chi connectivity index (χ1v) is 11.2. The molecule has 4 nitrogen and oxygen atoms in total. The second-order valence-corrected chi connectivity index (χ2v) is 8.19. The lowest BCUT2D eigenvalue weighted by atomic mass is 9.92. The molecule has 0 spiro atoms. The minimum atomic E-state index is -0.340. The van der Waals surface area contributed by atoms with Gasteiger partial charge in [-0.05, 0) is 47.4 Å². The van der Waals surface area contributed by atoms with Crippen molar-refractivity contribution < 1.29 is 14.4 Å². The molecule has 0 fully saturated rings. The van der Waals surface area contributed by atoms with Crippen molar-refractivity contribution in [2.75, 3.05) is 5.32 Å². The Bertz CT molecular complexity index is 1250. The van der Waals surface area contributed by atoms with Gasteiger partial charge in [0.2, 0.25) is 0 Å². The van der Waals surface area contributed by atoms with Crippen LogP contribution in [0.5, 0.6) is 0 Å². The molecule has 168 valence electrons. The van der Waals surface area contributed by atoms with Crippen LogP contribution in [0.2, 0.25) is 0 Å². The molecule has 4 heteroatoms. The van der Waals surface area contributed by atoms with E-state index in [9.17, 15) is 14.4 Å². The Morgan fingerprint density at radius 1 is 0.676 bits per heavy atom. The smallest absolute Gasteiger partial charge is 0.255 e. The van der Waals surface area contributed by atoms with Gasteiger partial charge in [0.05, 0.1) is 0 Å². The quantitative estimate of drug-likeness (QED) is 0.244. The van der Waals surface area contributed by atoms with Crippen LogP contribution in [0, 0.1) is 5.92 Å².